The molecule has 4 nitrogen and oxygen atoms in total. The third kappa shape index (κ3) is 3.11. The summed E-state index contributed by atoms with van der Waals surface area (Å²) in [5.41, 5.74) is 0.0597. The molecule has 19 heavy (non-hydrogen) atoms. The van der Waals surface area contributed by atoms with Crippen molar-refractivity contribution in [3.8, 4) is 0 Å². The van der Waals surface area contributed by atoms with Crippen LogP contribution in [0, 0.1) is 11.3 Å². The highest BCUT2D eigenvalue weighted by Gasteiger charge is 2.49. The van der Waals surface area contributed by atoms with Crippen LogP contribution in [0.25, 0.3) is 0 Å². The third-order valence-corrected chi connectivity index (χ3v) is 4.86. The van der Waals surface area contributed by atoms with Gasteiger partial charge in [-0.1, -0.05) is 13.8 Å². The molecule has 0 bridgehead atoms. The average Bonchev–Trinajstić information content (AvgIpc) is 2.37. The molecule has 1 aliphatic heterocycles. The smallest absolute Gasteiger partial charge is 0.223 e. The number of ether oxygens (including phenoxy) is 1. The van der Waals surface area contributed by atoms with Gasteiger partial charge in [-0.15, -0.1) is 0 Å². The zero-order valence-corrected chi connectivity index (χ0v) is 12.7. The monoisotopic (exact) mass is 268 g/mol. The average molecular weight is 268 g/mol. The van der Waals surface area contributed by atoms with Crippen molar-refractivity contribution in [2.45, 2.75) is 65.1 Å². The van der Waals surface area contributed by atoms with Crippen LogP contribution < -0.4 is 10.6 Å². The predicted octanol–water partition coefficient (Wildman–Crippen LogP) is 1.69. The minimum atomic E-state index is 0.0597. The zero-order chi connectivity index (χ0) is 14.0. The number of carbonyl (C=O) groups is 1. The van der Waals surface area contributed by atoms with Gasteiger partial charge in [-0.2, -0.15) is 0 Å². The van der Waals surface area contributed by atoms with Gasteiger partial charge in [0, 0.05) is 30.0 Å². The normalized spacial score (nSPS) is 37.5. The Morgan fingerprint density at radius 3 is 2.74 bits per heavy atom. The first-order valence-electron chi connectivity index (χ1n) is 7.60. The van der Waals surface area contributed by atoms with Gasteiger partial charge in [0.25, 0.3) is 0 Å². The van der Waals surface area contributed by atoms with E-state index in [0.717, 1.165) is 32.4 Å². The van der Waals surface area contributed by atoms with Crippen molar-refractivity contribution in [1.29, 1.82) is 0 Å². The Hall–Kier alpha value is -0.610. The molecule has 0 aromatic carbocycles. The fourth-order valence-corrected chi connectivity index (χ4v) is 3.27. The second-order valence-electron chi connectivity index (χ2n) is 6.64. The summed E-state index contributed by atoms with van der Waals surface area (Å²) in [7, 11) is 0. The number of rotatable bonds is 4. The summed E-state index contributed by atoms with van der Waals surface area (Å²) in [6.07, 6.45) is 3.15. The maximum atomic E-state index is 12.3. The summed E-state index contributed by atoms with van der Waals surface area (Å²) in [5, 5.41) is 6.63. The van der Waals surface area contributed by atoms with E-state index in [1.807, 2.05) is 6.92 Å². The van der Waals surface area contributed by atoms with Gasteiger partial charge >= 0.3 is 0 Å². The highest BCUT2D eigenvalue weighted by Crippen LogP contribution is 2.42. The topological polar surface area (TPSA) is 50.4 Å². The lowest BCUT2D eigenvalue weighted by molar-refractivity contribution is -0.140. The summed E-state index contributed by atoms with van der Waals surface area (Å²) in [6, 6.07) is 0.719. The molecule has 2 aliphatic rings. The van der Waals surface area contributed by atoms with E-state index in [-0.39, 0.29) is 29.4 Å². The lowest BCUT2D eigenvalue weighted by Gasteiger charge is -2.52. The van der Waals surface area contributed by atoms with Gasteiger partial charge in [0.1, 0.15) is 0 Å². The molecule has 0 spiro atoms. The van der Waals surface area contributed by atoms with Crippen molar-refractivity contribution >= 4 is 5.91 Å². The Morgan fingerprint density at radius 2 is 2.16 bits per heavy atom. The van der Waals surface area contributed by atoms with E-state index >= 15 is 0 Å². The maximum Gasteiger partial charge on any atom is 0.223 e. The molecule has 1 heterocycles. The minimum Gasteiger partial charge on any atom is -0.378 e. The Kier molecular flexibility index (Phi) is 4.51. The van der Waals surface area contributed by atoms with Gasteiger partial charge in [-0.3, -0.25) is 4.79 Å². The van der Waals surface area contributed by atoms with E-state index in [9.17, 15) is 4.79 Å². The fraction of sp³-hybridized carbons (Fsp3) is 0.933. The molecule has 2 rings (SSSR count). The number of amides is 1. The largest absolute Gasteiger partial charge is 0.378 e. The minimum absolute atomic E-state index is 0.0597. The Balaban J connectivity index is 1.83. The van der Waals surface area contributed by atoms with Gasteiger partial charge in [-0.05, 0) is 39.7 Å². The van der Waals surface area contributed by atoms with Gasteiger partial charge in [0.2, 0.25) is 5.91 Å². The molecule has 1 aliphatic carbocycles. The second-order valence-corrected chi connectivity index (χ2v) is 6.64. The first-order valence-corrected chi connectivity index (χ1v) is 7.60. The summed E-state index contributed by atoms with van der Waals surface area (Å²) >= 11 is 0. The van der Waals surface area contributed by atoms with Crippen molar-refractivity contribution < 1.29 is 9.53 Å². The van der Waals surface area contributed by atoms with Crippen LogP contribution in [-0.2, 0) is 9.53 Å². The molecule has 2 N–H and O–H groups in total. The highest BCUT2D eigenvalue weighted by atomic mass is 16.5. The molecule has 0 aromatic rings. The van der Waals surface area contributed by atoms with Crippen LogP contribution >= 0.6 is 0 Å². The molecule has 4 heteroatoms. The number of hydrogen-bond donors (Lipinski definition) is 2. The molecular weight excluding hydrogens is 240 g/mol. The molecule has 1 saturated heterocycles. The van der Waals surface area contributed by atoms with Gasteiger partial charge in [-0.25, -0.2) is 0 Å². The van der Waals surface area contributed by atoms with Crippen molar-refractivity contribution in [1.82, 2.24) is 10.6 Å². The molecule has 2 fully saturated rings. The van der Waals surface area contributed by atoms with Gasteiger partial charge in [0.15, 0.2) is 0 Å². The molecule has 1 amide bonds. The lowest BCUT2D eigenvalue weighted by Crippen LogP contribution is -2.63. The quantitative estimate of drug-likeness (QED) is 0.816. The summed E-state index contributed by atoms with van der Waals surface area (Å²) in [4.78, 5) is 12.3. The van der Waals surface area contributed by atoms with E-state index in [4.69, 9.17) is 4.74 Å². The van der Waals surface area contributed by atoms with Crippen molar-refractivity contribution in [3.05, 3.63) is 0 Å². The lowest BCUT2D eigenvalue weighted by atomic mass is 9.64. The highest BCUT2D eigenvalue weighted by molar-refractivity contribution is 5.79. The summed E-state index contributed by atoms with van der Waals surface area (Å²) in [5.74, 6) is 0.416. The van der Waals surface area contributed by atoms with E-state index < -0.39 is 0 Å². The van der Waals surface area contributed by atoms with E-state index in [1.165, 1.54) is 0 Å². The number of hydrogen-bond acceptors (Lipinski definition) is 3. The van der Waals surface area contributed by atoms with Crippen LogP contribution in [-0.4, -0.2) is 37.2 Å². The van der Waals surface area contributed by atoms with Crippen molar-refractivity contribution in [2.75, 3.05) is 13.2 Å². The zero-order valence-electron chi connectivity index (χ0n) is 12.7. The molecule has 110 valence electrons. The molecule has 4 unspecified atom stereocenters. The van der Waals surface area contributed by atoms with Crippen LogP contribution in [0.4, 0.5) is 0 Å². The van der Waals surface area contributed by atoms with Crippen LogP contribution in [0.1, 0.15) is 47.0 Å². The molecule has 0 aromatic heterocycles. The van der Waals surface area contributed by atoms with E-state index in [2.05, 4.69) is 31.4 Å². The van der Waals surface area contributed by atoms with Crippen LogP contribution in [0.3, 0.4) is 0 Å². The molecule has 1 saturated carbocycles. The van der Waals surface area contributed by atoms with Gasteiger partial charge < -0.3 is 15.4 Å². The van der Waals surface area contributed by atoms with Crippen molar-refractivity contribution in [3.63, 3.8) is 0 Å². The first-order chi connectivity index (χ1) is 8.95. The number of carbonyl (C=O) groups excluding carboxylic acids is 1. The van der Waals surface area contributed by atoms with Crippen LogP contribution in [0.5, 0.6) is 0 Å². The number of nitrogens with one attached hydrogen (secondary N) is 2. The third-order valence-electron chi connectivity index (χ3n) is 4.86. The standard InChI is InChI=1S/C15H28N2O2/c1-5-19-13-9-12(15(13,3)4)17-14(18)11-6-7-16-10(2)8-11/h10-13,16H,5-9H2,1-4H3,(H,17,18). The van der Waals surface area contributed by atoms with Gasteiger partial charge in [0.05, 0.1) is 6.10 Å². The maximum absolute atomic E-state index is 12.3. The van der Waals surface area contributed by atoms with E-state index in [0.29, 0.717) is 6.04 Å². The van der Waals surface area contributed by atoms with E-state index in [1.54, 1.807) is 0 Å². The molecular formula is C15H28N2O2. The number of piperidine rings is 1. The Morgan fingerprint density at radius 1 is 1.42 bits per heavy atom. The summed E-state index contributed by atoms with van der Waals surface area (Å²) in [6.45, 7) is 10.3. The first kappa shape index (κ1) is 14.8. The Bertz CT molecular complexity index is 330. The van der Waals surface area contributed by atoms with Crippen LogP contribution in [0.15, 0.2) is 0 Å². The van der Waals surface area contributed by atoms with Crippen LogP contribution in [0.2, 0.25) is 0 Å². The summed E-state index contributed by atoms with van der Waals surface area (Å²) < 4.78 is 5.71. The Labute approximate surface area is 116 Å². The second kappa shape index (κ2) is 5.80. The molecule has 4 atom stereocenters. The fourth-order valence-electron chi connectivity index (χ4n) is 3.27. The SMILES string of the molecule is CCOC1CC(NC(=O)C2CCNC(C)C2)C1(C)C. The van der Waals surface area contributed by atoms with Crippen molar-refractivity contribution in [2.24, 2.45) is 11.3 Å². The molecule has 0 radical (unpaired) electrons. The predicted molar refractivity (Wildman–Crippen MR) is 75.9 cm³/mol.